The summed E-state index contributed by atoms with van der Waals surface area (Å²) >= 11 is 0. The lowest BCUT2D eigenvalue weighted by Gasteiger charge is -2.45. The summed E-state index contributed by atoms with van der Waals surface area (Å²) in [6, 6.07) is 14.5. The predicted molar refractivity (Wildman–Crippen MR) is 257 cm³/mol. The lowest BCUT2D eigenvalue weighted by molar-refractivity contribution is -0.144. The molecule has 1 saturated heterocycles. The second-order valence-electron chi connectivity index (χ2n) is 18.3. The third kappa shape index (κ3) is 21.0. The summed E-state index contributed by atoms with van der Waals surface area (Å²) < 4.78 is 30.1. The number of amides is 8. The van der Waals surface area contributed by atoms with Crippen molar-refractivity contribution in [1.29, 1.82) is 0 Å². The molecule has 1 fully saturated rings. The summed E-state index contributed by atoms with van der Waals surface area (Å²) in [6.07, 6.45) is -8.54. The van der Waals surface area contributed by atoms with E-state index in [0.29, 0.717) is 0 Å². The van der Waals surface area contributed by atoms with E-state index in [1.165, 1.54) is 14.2 Å². The van der Waals surface area contributed by atoms with Gasteiger partial charge in [-0.1, -0.05) is 81.4 Å². The van der Waals surface area contributed by atoms with Crippen LogP contribution in [0, 0.1) is 0 Å². The summed E-state index contributed by atoms with van der Waals surface area (Å²) in [4.78, 5) is 112. The molecule has 1 aliphatic rings. The van der Waals surface area contributed by atoms with Gasteiger partial charge in [0, 0.05) is 0 Å². The van der Waals surface area contributed by atoms with Crippen molar-refractivity contribution in [3.05, 3.63) is 60.7 Å². The van der Waals surface area contributed by atoms with Gasteiger partial charge >= 0.3 is 24.1 Å². The molecule has 8 amide bonds. The molecule has 0 radical (unpaired) electrons. The number of nitrogens with one attached hydrogen (secondary N) is 2. The molecule has 0 unspecified atom stereocenters. The maximum absolute atomic E-state index is 12.7. The maximum atomic E-state index is 12.7. The monoisotopic (exact) mass is 1040 g/mol. The zero-order chi connectivity index (χ0) is 56.3. The molecule has 1 aliphatic heterocycles. The number of primary amides is 6. The number of nitrogens with two attached hydrogens (primary N) is 7. The summed E-state index contributed by atoms with van der Waals surface area (Å²) in [5, 5.41) is 23.5. The Bertz CT molecular complexity index is 2120. The van der Waals surface area contributed by atoms with Crippen LogP contribution < -0.4 is 61.1 Å². The van der Waals surface area contributed by atoms with Crippen LogP contribution in [0.15, 0.2) is 60.7 Å². The van der Waals surface area contributed by atoms with Crippen molar-refractivity contribution < 1.29 is 86.3 Å². The van der Waals surface area contributed by atoms with Crippen molar-refractivity contribution in [3.63, 3.8) is 0 Å². The molecule has 0 spiro atoms. The third-order valence-corrected chi connectivity index (χ3v) is 14.2. The Morgan fingerprint density at radius 3 is 1.14 bits per heavy atom. The number of aliphatic hydroxyl groups is 2. The molecule has 8 atom stereocenters. The van der Waals surface area contributed by atoms with Crippen LogP contribution in [-0.2, 0) is 66.5 Å². The van der Waals surface area contributed by atoms with E-state index < -0.39 is 133 Å². The highest BCUT2D eigenvalue weighted by Crippen LogP contribution is 2.38. The van der Waals surface area contributed by atoms with Crippen molar-refractivity contribution in [1.82, 2.24) is 10.6 Å². The Labute approximate surface area is 416 Å². The fourth-order valence-electron chi connectivity index (χ4n) is 5.84. The van der Waals surface area contributed by atoms with Crippen LogP contribution in [0.4, 0.5) is 9.59 Å². The van der Waals surface area contributed by atoms with Gasteiger partial charge in [-0.3, -0.25) is 28.8 Å². The fourth-order valence-corrected chi connectivity index (χ4v) is 10.5. The lowest BCUT2D eigenvalue weighted by Crippen LogP contribution is -2.71. The van der Waals surface area contributed by atoms with E-state index >= 15 is 0 Å². The number of benzene rings is 2. The normalized spacial score (nSPS) is 16.5. The first kappa shape index (κ1) is 64.8. The molecule has 27 nitrogen and oxygen atoms in total. The second kappa shape index (κ2) is 28.0. The van der Waals surface area contributed by atoms with Gasteiger partial charge in [0.1, 0.15) is 29.3 Å². The molecule has 1 heterocycles. The molecule has 0 aliphatic carbocycles. The molecule has 0 bridgehead atoms. The minimum atomic E-state index is -3.28. The van der Waals surface area contributed by atoms with Crippen molar-refractivity contribution in [2.45, 2.75) is 127 Å². The fraction of sp³-hybridized carbons (Fsp3) is 0.500. The standard InChI is InChI=1S/C25H35N3O5Si.C9H17N3O5.C6H8O5.C4H9N3O3/c1-24(2,3)32-23(31)28-19(21(26)29)20(22(27)30)33-34(25(4,5)6,17-13-9-7-10-14-17)18-15-11-8-12-16-18;1-9(2,3)17-8(16)12-4(6(10)14)5(13)7(11)15;1-9-5(7)3-4(11-3)6(8)10-2;5-1(3(6)9)2(8)4(7)10/h7-16,19-20H,1-6H3,(H2,26,29)(H2,27,30)(H,28,31);4-5,13H,1-3H3,(H2,10,14)(H2,11,15)(H,12,16);3-4H,1-2H3;1-2,8H,5H2,(H2,6,9)(H2,7,10)/t19-,20+;4-,5+;3-,4-;1-,2+/m1101/s1. The minimum absolute atomic E-state index is 0.502. The summed E-state index contributed by atoms with van der Waals surface area (Å²) in [6.45, 7) is 15.9. The van der Waals surface area contributed by atoms with Gasteiger partial charge < -0.3 is 89.1 Å². The molecule has 0 aromatic heterocycles. The van der Waals surface area contributed by atoms with Gasteiger partial charge in [0.2, 0.25) is 35.4 Å². The molecule has 402 valence electrons. The van der Waals surface area contributed by atoms with E-state index in [1.807, 2.05) is 86.8 Å². The Morgan fingerprint density at radius 1 is 0.542 bits per heavy atom. The molecular formula is C44H69N9O18Si. The van der Waals surface area contributed by atoms with Crippen LogP contribution in [0.2, 0.25) is 5.04 Å². The van der Waals surface area contributed by atoms with Gasteiger partial charge in [-0.05, 0) is 57.0 Å². The number of carbonyl (C=O) groups excluding carboxylic acids is 10. The number of hydrogen-bond donors (Lipinski definition) is 11. The van der Waals surface area contributed by atoms with Crippen LogP contribution in [0.5, 0.6) is 0 Å². The third-order valence-electron chi connectivity index (χ3n) is 9.19. The number of hydrogen-bond acceptors (Lipinski definition) is 19. The number of carbonyl (C=O) groups is 10. The van der Waals surface area contributed by atoms with Crippen molar-refractivity contribution in [2.75, 3.05) is 14.2 Å². The average Bonchev–Trinajstić information content (AvgIpc) is 4.07. The quantitative estimate of drug-likeness (QED) is 0.0309. The Balaban J connectivity index is 0.00000109. The van der Waals surface area contributed by atoms with Gasteiger partial charge in [0.15, 0.2) is 30.5 Å². The van der Waals surface area contributed by atoms with Crippen LogP contribution >= 0.6 is 0 Å². The smallest absolute Gasteiger partial charge is 0.408 e. The van der Waals surface area contributed by atoms with Crippen LogP contribution in [-0.4, -0.2) is 152 Å². The van der Waals surface area contributed by atoms with Gasteiger partial charge in [0.25, 0.3) is 8.32 Å². The first-order valence-electron chi connectivity index (χ1n) is 21.4. The number of ether oxygens (including phenoxy) is 5. The lowest BCUT2D eigenvalue weighted by atomic mass is 10.1. The van der Waals surface area contributed by atoms with Crippen LogP contribution in [0.3, 0.4) is 0 Å². The summed E-state index contributed by atoms with van der Waals surface area (Å²) in [7, 11) is -0.813. The van der Waals surface area contributed by atoms with Gasteiger partial charge in [-0.2, -0.15) is 0 Å². The SMILES string of the molecule is CC(C)(C)OC(=O)N[C@@H](C(N)=O)[C@H](O)C(N)=O.CC(C)(C)OC(=O)N[C@@H](C(N)=O)[C@H](O[Si](c1ccccc1)(c1ccccc1)C(C)(C)C)C(N)=O.COC(=O)[C@H]1O[C@@H]1C(=O)OC.NC(=O)[C@@H](O)[C@@H](N)C(N)=O. The van der Waals surface area contributed by atoms with E-state index in [1.54, 1.807) is 41.5 Å². The molecule has 2 aromatic carbocycles. The Hall–Kier alpha value is -7.24. The highest BCUT2D eigenvalue weighted by Gasteiger charge is 2.54. The zero-order valence-electron chi connectivity index (χ0n) is 41.9. The highest BCUT2D eigenvalue weighted by molar-refractivity contribution is 6.99. The van der Waals surface area contributed by atoms with Gasteiger partial charge in [-0.15, -0.1) is 0 Å². The molecule has 28 heteroatoms. The molecule has 3 rings (SSSR count). The highest BCUT2D eigenvalue weighted by atomic mass is 28.4. The van der Waals surface area contributed by atoms with E-state index in [4.69, 9.17) is 47.7 Å². The van der Waals surface area contributed by atoms with E-state index in [-0.39, 0.29) is 0 Å². The number of epoxide rings is 1. The second-order valence-corrected chi connectivity index (χ2v) is 22.6. The molecule has 72 heavy (non-hydrogen) atoms. The molecule has 2 aromatic rings. The van der Waals surface area contributed by atoms with Gasteiger partial charge in [-0.25, -0.2) is 19.2 Å². The largest absolute Gasteiger partial charge is 0.467 e. The van der Waals surface area contributed by atoms with Crippen molar-refractivity contribution >= 4 is 78.3 Å². The topological polar surface area (TPSA) is 476 Å². The van der Waals surface area contributed by atoms with Gasteiger partial charge in [0.05, 0.1) is 14.2 Å². The first-order chi connectivity index (χ1) is 32.9. The van der Waals surface area contributed by atoms with Crippen molar-refractivity contribution in [2.24, 2.45) is 40.1 Å². The minimum Gasteiger partial charge on any atom is -0.467 e. The van der Waals surface area contributed by atoms with E-state index in [9.17, 15) is 53.1 Å². The molecular weight excluding hydrogens is 971 g/mol. The van der Waals surface area contributed by atoms with Crippen molar-refractivity contribution in [3.8, 4) is 0 Å². The van der Waals surface area contributed by atoms with Crippen LogP contribution in [0.25, 0.3) is 0 Å². The number of methoxy groups -OCH3 is 2. The predicted octanol–water partition coefficient (Wildman–Crippen LogP) is -4.25. The zero-order valence-corrected chi connectivity index (χ0v) is 42.9. The molecule has 18 N–H and O–H groups in total. The molecule has 0 saturated carbocycles. The average molecular weight is 1040 g/mol. The number of aliphatic hydroxyl groups excluding tert-OH is 2. The summed E-state index contributed by atoms with van der Waals surface area (Å²) in [5.41, 5.74) is 33.6. The Morgan fingerprint density at radius 2 is 0.889 bits per heavy atom. The van der Waals surface area contributed by atoms with Crippen LogP contribution in [0.1, 0.15) is 62.3 Å². The number of alkyl carbamates (subject to hydrolysis) is 2. The summed E-state index contributed by atoms with van der Waals surface area (Å²) in [5.74, 6) is -7.27. The Kier molecular flexibility index (Phi) is 25.2. The van der Waals surface area contributed by atoms with E-state index in [2.05, 4.69) is 31.0 Å². The van der Waals surface area contributed by atoms with E-state index in [0.717, 1.165) is 10.4 Å². The number of esters is 2. The first-order valence-corrected chi connectivity index (χ1v) is 23.3. The number of rotatable bonds is 17. The maximum Gasteiger partial charge on any atom is 0.408 e.